The molecule has 1 heterocycles. The van der Waals surface area contributed by atoms with Crippen LogP contribution in [-0.2, 0) is 6.18 Å². The largest absolute Gasteiger partial charge is 0.416 e. The Hall–Kier alpha value is -3.36. The number of carbonyl (C=O) groups excluding carboxylic acids is 1. The summed E-state index contributed by atoms with van der Waals surface area (Å²) in [6.45, 7) is 3.68. The van der Waals surface area contributed by atoms with E-state index in [1.807, 2.05) is 32.0 Å². The Morgan fingerprint density at radius 3 is 2.37 bits per heavy atom. The number of aromatic nitrogens is 3. The molecule has 3 rings (SSSR count). The highest BCUT2D eigenvalue weighted by molar-refractivity contribution is 6.06. The van der Waals surface area contributed by atoms with Gasteiger partial charge in [-0.15, -0.1) is 5.10 Å². The van der Waals surface area contributed by atoms with E-state index in [9.17, 15) is 18.0 Å². The number of benzene rings is 2. The van der Waals surface area contributed by atoms with Gasteiger partial charge in [0, 0.05) is 5.69 Å². The minimum absolute atomic E-state index is 0.0564. The van der Waals surface area contributed by atoms with E-state index in [1.54, 1.807) is 0 Å². The summed E-state index contributed by atoms with van der Waals surface area (Å²) in [6.07, 6.45) is -4.51. The number of hydrogen-bond acceptors (Lipinski definition) is 4. The summed E-state index contributed by atoms with van der Waals surface area (Å²) < 4.78 is 39.7. The van der Waals surface area contributed by atoms with Crippen molar-refractivity contribution in [1.29, 1.82) is 0 Å². The average Bonchev–Trinajstić information content (AvgIpc) is 2.99. The number of rotatable bonds is 3. The van der Waals surface area contributed by atoms with Gasteiger partial charge in [-0.3, -0.25) is 4.79 Å². The summed E-state index contributed by atoms with van der Waals surface area (Å²) >= 11 is 0. The molecule has 0 fully saturated rings. The molecule has 1 aromatic heterocycles. The number of anilines is 2. The monoisotopic (exact) mass is 375 g/mol. The van der Waals surface area contributed by atoms with Gasteiger partial charge in [-0.05, 0) is 43.2 Å². The first-order chi connectivity index (χ1) is 12.7. The van der Waals surface area contributed by atoms with Crippen molar-refractivity contribution in [2.45, 2.75) is 20.0 Å². The number of para-hydroxylation sites is 1. The van der Waals surface area contributed by atoms with Gasteiger partial charge in [0.2, 0.25) is 0 Å². The van der Waals surface area contributed by atoms with Crippen LogP contribution in [0.5, 0.6) is 0 Å². The quantitative estimate of drug-likeness (QED) is 0.730. The molecule has 0 spiro atoms. The summed E-state index contributed by atoms with van der Waals surface area (Å²) in [5.74, 6) is -0.749. The normalized spacial score (nSPS) is 11.4. The fourth-order valence-corrected chi connectivity index (χ4v) is 2.64. The summed E-state index contributed by atoms with van der Waals surface area (Å²) in [5, 5.41) is 10.2. The highest BCUT2D eigenvalue weighted by Crippen LogP contribution is 2.30. The average molecular weight is 375 g/mol. The maximum Gasteiger partial charge on any atom is 0.416 e. The number of carbonyl (C=O) groups is 1. The molecule has 0 aliphatic rings. The molecule has 2 aromatic carbocycles. The van der Waals surface area contributed by atoms with Crippen LogP contribution in [0, 0.1) is 13.8 Å². The minimum Gasteiger partial charge on any atom is -0.382 e. The molecule has 0 aliphatic carbocycles. The Morgan fingerprint density at radius 2 is 1.74 bits per heavy atom. The van der Waals surface area contributed by atoms with Crippen LogP contribution in [0.1, 0.15) is 27.2 Å². The molecule has 0 bridgehead atoms. The van der Waals surface area contributed by atoms with E-state index < -0.39 is 17.6 Å². The fraction of sp³-hybridized carbons (Fsp3) is 0.167. The van der Waals surface area contributed by atoms with Crippen LogP contribution in [0.3, 0.4) is 0 Å². The highest BCUT2D eigenvalue weighted by atomic mass is 19.4. The van der Waals surface area contributed by atoms with Crippen molar-refractivity contribution in [3.8, 4) is 5.69 Å². The number of nitrogens with zero attached hydrogens (tertiary/aromatic N) is 3. The van der Waals surface area contributed by atoms with Gasteiger partial charge in [-0.2, -0.15) is 17.9 Å². The maximum absolute atomic E-state index is 12.9. The van der Waals surface area contributed by atoms with Gasteiger partial charge >= 0.3 is 6.18 Å². The molecule has 3 aromatic rings. The summed E-state index contributed by atoms with van der Waals surface area (Å²) in [7, 11) is 0. The lowest BCUT2D eigenvalue weighted by molar-refractivity contribution is -0.137. The van der Waals surface area contributed by atoms with Crippen LogP contribution in [0.4, 0.5) is 24.7 Å². The van der Waals surface area contributed by atoms with Crippen LogP contribution in [0.25, 0.3) is 5.69 Å². The van der Waals surface area contributed by atoms with E-state index in [-0.39, 0.29) is 17.2 Å². The van der Waals surface area contributed by atoms with E-state index in [4.69, 9.17) is 5.73 Å². The second-order valence-electron chi connectivity index (χ2n) is 6.00. The zero-order valence-electron chi connectivity index (χ0n) is 14.5. The Balaban J connectivity index is 1.93. The van der Waals surface area contributed by atoms with Crippen molar-refractivity contribution < 1.29 is 18.0 Å². The van der Waals surface area contributed by atoms with Crippen LogP contribution < -0.4 is 11.1 Å². The van der Waals surface area contributed by atoms with E-state index >= 15 is 0 Å². The molecule has 0 unspecified atom stereocenters. The predicted molar refractivity (Wildman–Crippen MR) is 94.6 cm³/mol. The number of hydrogen-bond donors (Lipinski definition) is 2. The van der Waals surface area contributed by atoms with Crippen molar-refractivity contribution in [2.24, 2.45) is 0 Å². The molecule has 0 radical (unpaired) electrons. The van der Waals surface area contributed by atoms with Gasteiger partial charge in [0.1, 0.15) is 0 Å². The predicted octanol–water partition coefficient (Wildman–Crippen LogP) is 3.74. The minimum atomic E-state index is -4.51. The van der Waals surface area contributed by atoms with Crippen LogP contribution >= 0.6 is 0 Å². The van der Waals surface area contributed by atoms with Gasteiger partial charge in [0.15, 0.2) is 11.5 Å². The highest BCUT2D eigenvalue weighted by Gasteiger charge is 2.31. The third kappa shape index (κ3) is 3.62. The second kappa shape index (κ2) is 6.75. The molecule has 140 valence electrons. The van der Waals surface area contributed by atoms with Crippen LogP contribution in [0.15, 0.2) is 42.5 Å². The second-order valence-corrected chi connectivity index (χ2v) is 6.00. The molecular formula is C18H16F3N5O. The molecule has 6 nitrogen and oxygen atoms in total. The van der Waals surface area contributed by atoms with Crippen molar-refractivity contribution >= 4 is 17.4 Å². The standard InChI is InChI=1S/C18H16F3N5O/c1-10-5-3-6-11(2)14(10)23-17(27)15-16(22)26(25-24-15)13-8-4-7-12(9-13)18(19,20)21/h3-9H,22H2,1-2H3,(H,23,27). The molecule has 0 saturated carbocycles. The lowest BCUT2D eigenvalue weighted by atomic mass is 10.1. The molecule has 27 heavy (non-hydrogen) atoms. The van der Waals surface area contributed by atoms with Crippen molar-refractivity contribution in [3.63, 3.8) is 0 Å². The van der Waals surface area contributed by atoms with E-state index in [2.05, 4.69) is 15.6 Å². The smallest absolute Gasteiger partial charge is 0.382 e. The van der Waals surface area contributed by atoms with E-state index in [0.717, 1.165) is 27.9 Å². The Morgan fingerprint density at radius 1 is 1.11 bits per heavy atom. The zero-order chi connectivity index (χ0) is 19.8. The SMILES string of the molecule is Cc1cccc(C)c1NC(=O)c1nnn(-c2cccc(C(F)(F)F)c2)c1N. The summed E-state index contributed by atoms with van der Waals surface area (Å²) in [4.78, 5) is 12.5. The number of nitrogens with one attached hydrogen (secondary N) is 1. The van der Waals surface area contributed by atoms with Gasteiger partial charge in [0.25, 0.3) is 5.91 Å². The first-order valence-corrected chi connectivity index (χ1v) is 7.95. The first-order valence-electron chi connectivity index (χ1n) is 7.95. The summed E-state index contributed by atoms with van der Waals surface area (Å²) in [5.41, 5.74) is 7.28. The van der Waals surface area contributed by atoms with Crippen molar-refractivity contribution in [3.05, 3.63) is 64.8 Å². The number of nitrogens with two attached hydrogens (primary N) is 1. The fourth-order valence-electron chi connectivity index (χ4n) is 2.64. The number of amides is 1. The van der Waals surface area contributed by atoms with Crippen molar-refractivity contribution in [2.75, 3.05) is 11.1 Å². The molecule has 9 heteroatoms. The van der Waals surface area contributed by atoms with Crippen molar-refractivity contribution in [1.82, 2.24) is 15.0 Å². The number of halogens is 3. The zero-order valence-corrected chi connectivity index (χ0v) is 14.5. The third-order valence-electron chi connectivity index (χ3n) is 4.06. The molecule has 0 atom stereocenters. The summed E-state index contributed by atoms with van der Waals surface area (Å²) in [6, 6.07) is 9.99. The number of alkyl halides is 3. The third-order valence-corrected chi connectivity index (χ3v) is 4.06. The molecule has 0 saturated heterocycles. The first kappa shape index (κ1) is 18.4. The van der Waals surface area contributed by atoms with Crippen LogP contribution in [-0.4, -0.2) is 20.9 Å². The Bertz CT molecular complexity index is 990. The molecule has 0 aliphatic heterocycles. The van der Waals surface area contributed by atoms with Gasteiger partial charge in [-0.1, -0.05) is 29.5 Å². The lowest BCUT2D eigenvalue weighted by Crippen LogP contribution is -2.16. The van der Waals surface area contributed by atoms with Crippen LogP contribution in [0.2, 0.25) is 0 Å². The number of nitrogen functional groups attached to an aromatic ring is 1. The molecule has 3 N–H and O–H groups in total. The maximum atomic E-state index is 12.9. The molecule has 1 amide bonds. The van der Waals surface area contributed by atoms with E-state index in [0.29, 0.717) is 5.69 Å². The Labute approximate surface area is 152 Å². The van der Waals surface area contributed by atoms with E-state index in [1.165, 1.54) is 12.1 Å². The lowest BCUT2D eigenvalue weighted by Gasteiger charge is -2.11. The van der Waals surface area contributed by atoms with Gasteiger partial charge in [0.05, 0.1) is 11.3 Å². The Kier molecular flexibility index (Phi) is 4.61. The van der Waals surface area contributed by atoms with Gasteiger partial charge < -0.3 is 11.1 Å². The topological polar surface area (TPSA) is 85.8 Å². The molecular weight excluding hydrogens is 359 g/mol. The van der Waals surface area contributed by atoms with Gasteiger partial charge in [-0.25, -0.2) is 0 Å². The number of aryl methyl sites for hydroxylation is 2.